The van der Waals surface area contributed by atoms with E-state index in [0.717, 1.165) is 0 Å². The maximum Gasteiger partial charge on any atom is 0.343 e. The monoisotopic (exact) mass is 372 g/mol. The van der Waals surface area contributed by atoms with Crippen molar-refractivity contribution in [3.63, 3.8) is 0 Å². The smallest absolute Gasteiger partial charge is 0.343 e. The molecule has 2 atom stereocenters. The lowest BCUT2D eigenvalue weighted by atomic mass is 10.3. The minimum absolute atomic E-state index is 0.0734. The maximum absolute atomic E-state index is 12.4. The first-order chi connectivity index (χ1) is 10.8. The zero-order chi connectivity index (χ0) is 17.9. The van der Waals surface area contributed by atoms with Crippen molar-refractivity contribution in [2.75, 3.05) is 31.9 Å². The summed E-state index contributed by atoms with van der Waals surface area (Å²) in [5, 5.41) is -1.27. The molecule has 0 aromatic carbocycles. The van der Waals surface area contributed by atoms with Gasteiger partial charge in [0.1, 0.15) is 10.7 Å². The summed E-state index contributed by atoms with van der Waals surface area (Å²) in [7, 11) is -5.58. The molecule has 0 bridgehead atoms. The van der Waals surface area contributed by atoms with Gasteiger partial charge in [-0.25, -0.2) is 0 Å². The molecule has 0 aliphatic carbocycles. The SMILES string of the molecule is CCOC(=O)C[C@@H](C(=O)OCC)[S@@](=O)CP(=O)(OCC)OCC. The molecule has 23 heavy (non-hydrogen) atoms. The molecule has 0 aromatic heterocycles. The maximum atomic E-state index is 12.4. The molecule has 0 heterocycles. The Morgan fingerprint density at radius 1 is 0.957 bits per heavy atom. The van der Waals surface area contributed by atoms with Crippen molar-refractivity contribution < 1.29 is 36.9 Å². The fraction of sp³-hybridized carbons (Fsp3) is 0.846. The van der Waals surface area contributed by atoms with Crippen LogP contribution in [-0.2, 0) is 43.5 Å². The third-order valence-electron chi connectivity index (χ3n) is 2.46. The summed E-state index contributed by atoms with van der Waals surface area (Å²) < 4.78 is 44.5. The fourth-order valence-electron chi connectivity index (χ4n) is 1.64. The molecule has 0 aliphatic rings. The van der Waals surface area contributed by atoms with Gasteiger partial charge in [-0.05, 0) is 27.7 Å². The van der Waals surface area contributed by atoms with E-state index < -0.39 is 47.5 Å². The van der Waals surface area contributed by atoms with Crippen LogP contribution in [0, 0.1) is 0 Å². The molecule has 0 fully saturated rings. The largest absolute Gasteiger partial charge is 0.466 e. The summed E-state index contributed by atoms with van der Waals surface area (Å²) in [5.74, 6) is -1.49. The van der Waals surface area contributed by atoms with Gasteiger partial charge in [0.05, 0.1) is 32.8 Å². The highest BCUT2D eigenvalue weighted by molar-refractivity contribution is 7.93. The van der Waals surface area contributed by atoms with Gasteiger partial charge < -0.3 is 18.5 Å². The Bertz CT molecular complexity index is 443. The molecule has 0 unspecified atom stereocenters. The highest BCUT2D eigenvalue weighted by Gasteiger charge is 2.36. The minimum Gasteiger partial charge on any atom is -0.466 e. The quantitative estimate of drug-likeness (QED) is 0.377. The average Bonchev–Trinajstić information content (AvgIpc) is 2.45. The number of hydrogen-bond acceptors (Lipinski definition) is 8. The van der Waals surface area contributed by atoms with E-state index in [1.165, 1.54) is 0 Å². The minimum atomic E-state index is -3.61. The van der Waals surface area contributed by atoms with Crippen LogP contribution in [0.15, 0.2) is 0 Å². The third kappa shape index (κ3) is 8.60. The molecular formula is C13H25O8PS. The third-order valence-corrected chi connectivity index (χ3v) is 7.04. The first-order valence-corrected chi connectivity index (χ1v) is 10.5. The standard InChI is InChI=1S/C13H25O8PS/c1-5-18-12(14)9-11(13(15)19-6-2)23(17)10-22(16,20-7-3)21-8-4/h11H,5-10H2,1-4H3/t11-,23-/m0/s1. The molecule has 0 aliphatic heterocycles. The molecule has 0 rings (SSSR count). The van der Waals surface area contributed by atoms with Gasteiger partial charge in [-0.15, -0.1) is 0 Å². The van der Waals surface area contributed by atoms with Crippen molar-refractivity contribution in [2.24, 2.45) is 0 Å². The van der Waals surface area contributed by atoms with Crippen LogP contribution < -0.4 is 0 Å². The summed E-state index contributed by atoms with van der Waals surface area (Å²) in [6, 6.07) is 0. The van der Waals surface area contributed by atoms with E-state index in [2.05, 4.69) is 0 Å². The van der Waals surface area contributed by atoms with Crippen LogP contribution >= 0.6 is 7.60 Å². The van der Waals surface area contributed by atoms with E-state index >= 15 is 0 Å². The number of hydrogen-bond donors (Lipinski definition) is 0. The van der Waals surface area contributed by atoms with Crippen LogP contribution in [0.4, 0.5) is 0 Å². The summed E-state index contributed by atoms with van der Waals surface area (Å²) >= 11 is 0. The number of ether oxygens (including phenoxy) is 2. The van der Waals surface area contributed by atoms with Gasteiger partial charge in [0.25, 0.3) is 0 Å². The lowest BCUT2D eigenvalue weighted by Gasteiger charge is -2.19. The normalized spacial score (nSPS) is 14.1. The van der Waals surface area contributed by atoms with E-state index in [9.17, 15) is 18.4 Å². The van der Waals surface area contributed by atoms with Crippen LogP contribution in [-0.4, -0.2) is 53.3 Å². The molecule has 0 radical (unpaired) electrons. The second kappa shape index (κ2) is 11.7. The molecule has 10 heteroatoms. The van der Waals surface area contributed by atoms with Gasteiger partial charge >= 0.3 is 19.5 Å². The predicted octanol–water partition coefficient (Wildman–Crippen LogP) is 1.84. The molecule has 0 saturated heterocycles. The van der Waals surface area contributed by atoms with Crippen molar-refractivity contribution in [2.45, 2.75) is 39.4 Å². The van der Waals surface area contributed by atoms with Crippen LogP contribution in [0.5, 0.6) is 0 Å². The Balaban J connectivity index is 5.13. The molecule has 8 nitrogen and oxygen atoms in total. The first-order valence-electron chi connectivity index (χ1n) is 7.41. The number of carbonyl (C=O) groups excluding carboxylic acids is 2. The van der Waals surface area contributed by atoms with E-state index in [-0.39, 0.29) is 26.4 Å². The van der Waals surface area contributed by atoms with Gasteiger partial charge in [0.2, 0.25) is 0 Å². The van der Waals surface area contributed by atoms with Crippen LogP contribution in [0.2, 0.25) is 0 Å². The predicted molar refractivity (Wildman–Crippen MR) is 85.5 cm³/mol. The molecule has 0 aromatic rings. The van der Waals surface area contributed by atoms with Crippen molar-refractivity contribution >= 4 is 30.3 Å². The lowest BCUT2D eigenvalue weighted by molar-refractivity contribution is -0.149. The summed E-state index contributed by atoms with van der Waals surface area (Å²) in [6.45, 7) is 6.88. The van der Waals surface area contributed by atoms with Crippen LogP contribution in [0.3, 0.4) is 0 Å². The second-order valence-electron chi connectivity index (χ2n) is 4.21. The topological polar surface area (TPSA) is 105 Å². The summed E-state index contributed by atoms with van der Waals surface area (Å²) in [6.07, 6.45) is -0.419. The zero-order valence-electron chi connectivity index (χ0n) is 13.9. The highest BCUT2D eigenvalue weighted by atomic mass is 32.2. The van der Waals surface area contributed by atoms with Crippen LogP contribution in [0.25, 0.3) is 0 Å². The molecular weight excluding hydrogens is 347 g/mol. The Labute approximate surface area is 139 Å². The van der Waals surface area contributed by atoms with E-state index in [1.54, 1.807) is 27.7 Å². The van der Waals surface area contributed by atoms with E-state index in [1.807, 2.05) is 0 Å². The van der Waals surface area contributed by atoms with Crippen molar-refractivity contribution in [3.05, 3.63) is 0 Å². The fourth-order valence-corrected chi connectivity index (χ4v) is 5.67. The van der Waals surface area contributed by atoms with Gasteiger partial charge in [-0.3, -0.25) is 18.4 Å². The molecule has 0 saturated carbocycles. The highest BCUT2D eigenvalue weighted by Crippen LogP contribution is 2.49. The van der Waals surface area contributed by atoms with Gasteiger partial charge in [0.15, 0.2) is 0 Å². The van der Waals surface area contributed by atoms with Crippen molar-refractivity contribution in [1.29, 1.82) is 0 Å². The Morgan fingerprint density at radius 2 is 1.48 bits per heavy atom. The van der Waals surface area contributed by atoms with Crippen molar-refractivity contribution in [3.8, 4) is 0 Å². The summed E-state index contributed by atoms with van der Waals surface area (Å²) in [4.78, 5) is 23.5. The van der Waals surface area contributed by atoms with Gasteiger partial charge in [-0.2, -0.15) is 0 Å². The summed E-state index contributed by atoms with van der Waals surface area (Å²) in [5.41, 5.74) is -0.489. The van der Waals surface area contributed by atoms with Crippen LogP contribution in [0.1, 0.15) is 34.1 Å². The Morgan fingerprint density at radius 3 is 1.91 bits per heavy atom. The Kier molecular flexibility index (Phi) is 11.3. The average molecular weight is 372 g/mol. The number of rotatable bonds is 12. The molecule has 136 valence electrons. The van der Waals surface area contributed by atoms with Gasteiger partial charge in [-0.1, -0.05) is 0 Å². The molecule has 0 spiro atoms. The lowest BCUT2D eigenvalue weighted by Crippen LogP contribution is -2.33. The van der Waals surface area contributed by atoms with Gasteiger partial charge in [0, 0.05) is 10.8 Å². The molecule has 0 N–H and O–H groups in total. The Hall–Kier alpha value is -0.760. The number of carbonyl (C=O) groups is 2. The van der Waals surface area contributed by atoms with E-state index in [0.29, 0.717) is 0 Å². The first kappa shape index (κ1) is 22.2. The second-order valence-corrected chi connectivity index (χ2v) is 8.31. The molecule has 0 amide bonds. The van der Waals surface area contributed by atoms with E-state index in [4.69, 9.17) is 18.5 Å². The number of esters is 2. The van der Waals surface area contributed by atoms with Crippen molar-refractivity contribution in [1.82, 2.24) is 0 Å². The zero-order valence-corrected chi connectivity index (χ0v) is 15.7.